The summed E-state index contributed by atoms with van der Waals surface area (Å²) in [4.78, 5) is 0. The SMILES string of the molecule is BrCC[CH2][SnH]. The van der Waals surface area contributed by atoms with Gasteiger partial charge in [-0.05, 0) is 0 Å². The molecule has 0 aromatic heterocycles. The summed E-state index contributed by atoms with van der Waals surface area (Å²) in [5.41, 5.74) is 0. The zero-order valence-electron chi connectivity index (χ0n) is 3.08. The van der Waals surface area contributed by atoms with Gasteiger partial charge in [0.05, 0.1) is 0 Å². The molecule has 5 heavy (non-hydrogen) atoms. The number of rotatable bonds is 2. The molecule has 0 aliphatic heterocycles. The van der Waals surface area contributed by atoms with Crippen LogP contribution in [0.2, 0.25) is 4.44 Å². The molecule has 0 saturated carbocycles. The van der Waals surface area contributed by atoms with Gasteiger partial charge in [-0.1, -0.05) is 0 Å². The fraction of sp³-hybridized carbons (Fsp3) is 1.00. The van der Waals surface area contributed by atoms with Crippen LogP contribution >= 0.6 is 15.9 Å². The summed E-state index contributed by atoms with van der Waals surface area (Å²) in [5.74, 6) is 0. The summed E-state index contributed by atoms with van der Waals surface area (Å²) in [5, 5.41) is 1.19. The van der Waals surface area contributed by atoms with E-state index in [1.54, 1.807) is 0 Å². The second kappa shape index (κ2) is 5.28. The van der Waals surface area contributed by atoms with Gasteiger partial charge in [-0.2, -0.15) is 0 Å². The van der Waals surface area contributed by atoms with Crippen molar-refractivity contribution >= 4 is 38.5 Å². The van der Waals surface area contributed by atoms with Gasteiger partial charge < -0.3 is 0 Å². The van der Waals surface area contributed by atoms with Crippen molar-refractivity contribution in [1.82, 2.24) is 0 Å². The van der Waals surface area contributed by atoms with E-state index in [4.69, 9.17) is 0 Å². The minimum atomic E-state index is 1.19. The fourth-order valence-electron chi connectivity index (χ4n) is 0.0772. The summed E-state index contributed by atoms with van der Waals surface area (Å²) in [7, 11) is 0. The van der Waals surface area contributed by atoms with Crippen LogP contribution in [0.3, 0.4) is 0 Å². The summed E-state index contributed by atoms with van der Waals surface area (Å²) in [6.07, 6.45) is 1.36. The van der Waals surface area contributed by atoms with Gasteiger partial charge in [0.15, 0.2) is 0 Å². The molecule has 0 rings (SSSR count). The zero-order valence-corrected chi connectivity index (χ0v) is 7.96. The summed E-state index contributed by atoms with van der Waals surface area (Å²) in [6, 6.07) is 0. The van der Waals surface area contributed by atoms with Crippen LogP contribution in [0.25, 0.3) is 0 Å². The molecule has 0 amide bonds. The van der Waals surface area contributed by atoms with Crippen molar-refractivity contribution in [1.29, 1.82) is 0 Å². The predicted octanol–water partition coefficient (Wildman–Crippen LogP) is 1.09. The van der Waals surface area contributed by atoms with Crippen molar-refractivity contribution in [2.45, 2.75) is 10.9 Å². The summed E-state index contributed by atoms with van der Waals surface area (Å²) < 4.78 is 1.43. The predicted molar refractivity (Wildman–Crippen MR) is 30.4 cm³/mol. The molecule has 2 radical (unpaired) electrons. The Bertz CT molecular complexity index is 14.4. The van der Waals surface area contributed by atoms with E-state index in [-0.39, 0.29) is 0 Å². The van der Waals surface area contributed by atoms with Crippen LogP contribution in [0.1, 0.15) is 6.42 Å². The van der Waals surface area contributed by atoms with Crippen LogP contribution in [0.15, 0.2) is 0 Å². The average molecular weight is 242 g/mol. The van der Waals surface area contributed by atoms with Crippen molar-refractivity contribution in [3.05, 3.63) is 0 Å². The Morgan fingerprint density at radius 3 is 2.20 bits per heavy atom. The number of alkyl halides is 1. The molecule has 0 aromatic carbocycles. The fourth-order valence-corrected chi connectivity index (χ4v) is 2.69. The quantitative estimate of drug-likeness (QED) is 0.502. The Balaban J connectivity index is 2.19. The van der Waals surface area contributed by atoms with E-state index in [0.29, 0.717) is 0 Å². The Labute approximate surface area is 54.5 Å². The van der Waals surface area contributed by atoms with E-state index in [9.17, 15) is 0 Å². The van der Waals surface area contributed by atoms with Gasteiger partial charge in [-0.3, -0.25) is 0 Å². The van der Waals surface area contributed by atoms with Gasteiger partial charge in [0.25, 0.3) is 0 Å². The Kier molecular flexibility index (Phi) is 6.63. The van der Waals surface area contributed by atoms with Crippen LogP contribution in [-0.2, 0) is 0 Å². The molecular weight excluding hydrogens is 235 g/mol. The first-order valence-electron chi connectivity index (χ1n) is 1.68. The standard InChI is InChI=1S/C3H6Br.Sn.H/c1-2-3-4;;/h1-3H2;;. The third kappa shape index (κ3) is 5.28. The molecule has 0 aromatic rings. The van der Waals surface area contributed by atoms with E-state index in [2.05, 4.69) is 15.9 Å². The molecule has 0 aliphatic carbocycles. The second-order valence-corrected chi connectivity index (χ2v) is 3.27. The van der Waals surface area contributed by atoms with Crippen molar-refractivity contribution in [2.75, 3.05) is 5.33 Å². The van der Waals surface area contributed by atoms with E-state index in [1.807, 2.05) is 0 Å². The first kappa shape index (κ1) is 6.28. The topological polar surface area (TPSA) is 0 Å². The van der Waals surface area contributed by atoms with Gasteiger partial charge in [-0.25, -0.2) is 0 Å². The second-order valence-electron chi connectivity index (χ2n) is 0.831. The van der Waals surface area contributed by atoms with Crippen LogP contribution in [0, 0.1) is 0 Å². The normalized spacial score (nSPS) is 8.40. The molecule has 0 saturated heterocycles. The molecule has 0 heterocycles. The Morgan fingerprint density at radius 2 is 2.20 bits per heavy atom. The first-order valence-corrected chi connectivity index (χ1v) is 5.13. The van der Waals surface area contributed by atoms with Gasteiger partial charge in [0.1, 0.15) is 0 Å². The molecule has 0 fully saturated rings. The molecule has 0 N–H and O–H groups in total. The average Bonchev–Trinajstić information content (AvgIpc) is 1.41. The van der Waals surface area contributed by atoms with Crippen LogP contribution in [0.5, 0.6) is 0 Å². The first-order chi connectivity index (χ1) is 2.41. The zero-order chi connectivity index (χ0) is 4.12. The Hall–Kier alpha value is 1.28. The third-order valence-electron chi connectivity index (χ3n) is 0.338. The van der Waals surface area contributed by atoms with Gasteiger partial charge >= 0.3 is 54.6 Å². The minimum absolute atomic E-state index is 1.19. The Morgan fingerprint density at radius 1 is 1.60 bits per heavy atom. The van der Waals surface area contributed by atoms with Crippen LogP contribution < -0.4 is 0 Å². The van der Waals surface area contributed by atoms with Crippen molar-refractivity contribution < 1.29 is 0 Å². The maximum absolute atomic E-state index is 3.33. The van der Waals surface area contributed by atoms with E-state index in [0.717, 1.165) is 0 Å². The number of hydrogen-bond donors (Lipinski definition) is 0. The van der Waals surface area contributed by atoms with Gasteiger partial charge in [-0.15, -0.1) is 0 Å². The van der Waals surface area contributed by atoms with Gasteiger partial charge in [0.2, 0.25) is 0 Å². The van der Waals surface area contributed by atoms with Crippen molar-refractivity contribution in [2.24, 2.45) is 0 Å². The monoisotopic (exact) mass is 242 g/mol. The van der Waals surface area contributed by atoms with Gasteiger partial charge in [0, 0.05) is 0 Å². The van der Waals surface area contributed by atoms with Crippen LogP contribution in [0.4, 0.5) is 0 Å². The van der Waals surface area contributed by atoms with Crippen molar-refractivity contribution in [3.8, 4) is 0 Å². The molecule has 0 aliphatic rings. The molecule has 0 atom stereocenters. The molecular formula is C3H7BrSn. The maximum atomic E-state index is 3.33. The van der Waals surface area contributed by atoms with Crippen LogP contribution in [-0.4, -0.2) is 27.9 Å². The number of halogens is 1. The molecule has 0 nitrogen and oxygen atoms in total. The molecule has 30 valence electrons. The molecule has 0 spiro atoms. The molecule has 0 unspecified atom stereocenters. The van der Waals surface area contributed by atoms with Crippen molar-refractivity contribution in [3.63, 3.8) is 0 Å². The van der Waals surface area contributed by atoms with E-state index in [1.165, 1.54) is 38.7 Å². The summed E-state index contributed by atoms with van der Waals surface area (Å²) in [6.45, 7) is 0. The number of hydrogen-bond acceptors (Lipinski definition) is 0. The van der Waals surface area contributed by atoms with E-state index >= 15 is 0 Å². The molecule has 0 bridgehead atoms. The molecule has 2 heteroatoms. The third-order valence-corrected chi connectivity index (χ3v) is 2.06. The summed E-state index contributed by atoms with van der Waals surface area (Å²) >= 11 is 4.75. The van der Waals surface area contributed by atoms with E-state index < -0.39 is 0 Å².